The highest BCUT2D eigenvalue weighted by molar-refractivity contribution is 9.10. The maximum Gasteiger partial charge on any atom is 0.256 e. The van der Waals surface area contributed by atoms with Crippen LogP contribution in [0.25, 0.3) is 11.6 Å². The van der Waals surface area contributed by atoms with Gasteiger partial charge in [-0.25, -0.2) is 4.68 Å². The highest BCUT2D eigenvalue weighted by Gasteiger charge is 2.26. The lowest BCUT2D eigenvalue weighted by Crippen LogP contribution is -2.35. The number of hydrogen-bond donors (Lipinski definition) is 4. The van der Waals surface area contributed by atoms with E-state index in [1.54, 1.807) is 19.2 Å². The van der Waals surface area contributed by atoms with Gasteiger partial charge in [-0.3, -0.25) is 9.59 Å². The number of carbonyl (C=O) groups is 2. The van der Waals surface area contributed by atoms with Crippen LogP contribution in [0.5, 0.6) is 0 Å². The summed E-state index contributed by atoms with van der Waals surface area (Å²) in [6.45, 7) is 3.93. The molecule has 1 aliphatic rings. The summed E-state index contributed by atoms with van der Waals surface area (Å²) in [5.74, 6) is -0.491. The maximum atomic E-state index is 12.8. The minimum absolute atomic E-state index is 0. The van der Waals surface area contributed by atoms with Crippen LogP contribution in [0.15, 0.2) is 35.1 Å². The van der Waals surface area contributed by atoms with Crippen molar-refractivity contribution in [3.63, 3.8) is 0 Å². The number of hydrogen-bond acceptors (Lipinski definition) is 5. The van der Waals surface area contributed by atoms with E-state index >= 15 is 0 Å². The molecule has 4 rings (SSSR count). The Hall–Kier alpha value is -3.24. The Labute approximate surface area is 201 Å². The second-order valence-corrected chi connectivity index (χ2v) is 8.27. The van der Waals surface area contributed by atoms with Gasteiger partial charge in [0.05, 0.1) is 30.0 Å². The molecule has 0 spiro atoms. The Kier molecular flexibility index (Phi) is 8.34. The molecular weight excluding hydrogens is 488 g/mol. The lowest BCUT2D eigenvalue weighted by molar-refractivity contribution is -0.110. The molecular formula is C23H29BrN6O3. The third-order valence-electron chi connectivity index (χ3n) is 5.12. The topological polar surface area (TPSA) is 125 Å². The number of anilines is 1. The van der Waals surface area contributed by atoms with Gasteiger partial charge in [0, 0.05) is 39.9 Å². The Balaban J connectivity index is 0.00000193. The van der Waals surface area contributed by atoms with Gasteiger partial charge >= 0.3 is 0 Å². The third kappa shape index (κ3) is 5.40. The zero-order valence-electron chi connectivity index (χ0n) is 16.9. The van der Waals surface area contributed by atoms with Crippen LogP contribution in [0, 0.1) is 13.8 Å². The van der Waals surface area contributed by atoms with Gasteiger partial charge in [0.1, 0.15) is 0 Å². The summed E-state index contributed by atoms with van der Waals surface area (Å²) in [6, 6.07) is 5.59. The molecule has 1 unspecified atom stereocenters. The van der Waals surface area contributed by atoms with Crippen molar-refractivity contribution in [3.8, 4) is 0 Å². The number of aryl methyl sites for hydroxylation is 1. The van der Waals surface area contributed by atoms with Crippen LogP contribution in [0.4, 0.5) is 5.69 Å². The van der Waals surface area contributed by atoms with Crippen LogP contribution in [-0.4, -0.2) is 49.5 Å². The molecule has 0 bridgehead atoms. The molecule has 3 heterocycles. The number of H-pyrrole nitrogens is 1. The Bertz CT molecular complexity index is 1180. The summed E-state index contributed by atoms with van der Waals surface area (Å²) < 4.78 is 2.37. The van der Waals surface area contributed by atoms with E-state index in [9.17, 15) is 14.7 Å². The fourth-order valence-electron chi connectivity index (χ4n) is 3.62. The number of fused-ring (bicyclic) bond motifs is 1. The van der Waals surface area contributed by atoms with Crippen molar-refractivity contribution >= 4 is 45.1 Å². The zero-order chi connectivity index (χ0) is 22.1. The van der Waals surface area contributed by atoms with Gasteiger partial charge in [0.15, 0.2) is 0 Å². The predicted octanol–water partition coefficient (Wildman–Crippen LogP) is 3.54. The molecule has 0 aliphatic carbocycles. The number of amides is 2. The first-order valence-electron chi connectivity index (χ1n) is 9.66. The largest absolute Gasteiger partial charge is 0.389 e. The highest BCUT2D eigenvalue weighted by atomic mass is 79.9. The minimum atomic E-state index is -0.802. The van der Waals surface area contributed by atoms with E-state index in [0.29, 0.717) is 22.5 Å². The molecule has 4 N–H and O–H groups in total. The molecule has 0 radical (unpaired) electrons. The number of rotatable bonds is 6. The van der Waals surface area contributed by atoms with Crippen LogP contribution in [0.3, 0.4) is 0 Å². The maximum absolute atomic E-state index is 12.8. The normalized spacial score (nSPS) is 14.2. The number of nitrogens with one attached hydrogen (secondary N) is 3. The zero-order valence-corrected chi connectivity index (χ0v) is 18.5. The number of nitrogens with zero attached hydrogens (tertiary/aromatic N) is 3. The van der Waals surface area contributed by atoms with E-state index in [2.05, 4.69) is 41.9 Å². The lowest BCUT2D eigenvalue weighted by atomic mass is 10.0. The highest BCUT2D eigenvalue weighted by Crippen LogP contribution is 2.35. The number of aliphatic hydroxyl groups excluding tert-OH is 1. The molecule has 1 aliphatic heterocycles. The molecule has 9 nitrogen and oxygen atoms in total. The van der Waals surface area contributed by atoms with E-state index in [1.165, 1.54) is 10.9 Å². The minimum Gasteiger partial charge on any atom is -0.389 e. The molecule has 0 fully saturated rings. The predicted molar refractivity (Wildman–Crippen MR) is 133 cm³/mol. The van der Waals surface area contributed by atoms with Crippen LogP contribution >= 0.6 is 15.9 Å². The number of halogens is 1. The van der Waals surface area contributed by atoms with Crippen molar-refractivity contribution in [2.75, 3.05) is 11.9 Å². The Morgan fingerprint density at radius 3 is 2.79 bits per heavy atom. The van der Waals surface area contributed by atoms with Crippen molar-refractivity contribution in [1.82, 2.24) is 25.3 Å². The van der Waals surface area contributed by atoms with Crippen LogP contribution in [0.1, 0.15) is 47.7 Å². The average Bonchev–Trinajstić information content (AvgIpc) is 3.40. The number of carbonyl (C=O) groups excluding carboxylic acids is 2. The van der Waals surface area contributed by atoms with Gasteiger partial charge in [-0.2, -0.15) is 0 Å². The summed E-state index contributed by atoms with van der Waals surface area (Å²) in [5, 5.41) is 23.2. The second-order valence-electron chi connectivity index (χ2n) is 7.35. The summed E-state index contributed by atoms with van der Waals surface area (Å²) in [4.78, 5) is 28.4. The number of benzene rings is 1. The monoisotopic (exact) mass is 516 g/mol. The Morgan fingerprint density at radius 1 is 1.33 bits per heavy atom. The molecule has 1 aromatic carbocycles. The van der Waals surface area contributed by atoms with Crippen molar-refractivity contribution in [1.29, 1.82) is 0 Å². The number of aliphatic hydroxyl groups is 1. The van der Waals surface area contributed by atoms with Crippen LogP contribution in [-0.2, 0) is 11.3 Å². The fourth-order valence-corrected chi connectivity index (χ4v) is 3.98. The Morgan fingerprint density at radius 2 is 2.09 bits per heavy atom. The lowest BCUT2D eigenvalue weighted by Gasteiger charge is -2.12. The van der Waals surface area contributed by atoms with Gasteiger partial charge in [-0.15, -0.1) is 5.10 Å². The van der Waals surface area contributed by atoms with E-state index in [0.717, 1.165) is 21.3 Å². The van der Waals surface area contributed by atoms with Gasteiger partial charge in [-0.1, -0.05) is 36.0 Å². The second kappa shape index (κ2) is 10.6. The van der Waals surface area contributed by atoms with E-state index < -0.39 is 6.10 Å². The average molecular weight is 517 g/mol. The smallest absolute Gasteiger partial charge is 0.256 e. The number of aromatic amines is 1. The van der Waals surface area contributed by atoms with Gasteiger partial charge in [0.2, 0.25) is 0 Å². The SMILES string of the molecule is C.C.Cc1[nH]c(/C=C2\C(=O)Nc3ccc(Br)cc32)c(C)c1C(=O)NCC(O)Cn1ccnn1. The fraction of sp³-hybridized carbons (Fsp3) is 0.304. The van der Waals surface area contributed by atoms with Crippen molar-refractivity contribution in [2.45, 2.75) is 41.3 Å². The molecule has 33 heavy (non-hydrogen) atoms. The van der Waals surface area contributed by atoms with Crippen molar-refractivity contribution in [3.05, 3.63) is 63.1 Å². The molecule has 0 saturated heterocycles. The van der Waals surface area contributed by atoms with Gasteiger partial charge < -0.3 is 20.7 Å². The molecule has 176 valence electrons. The first-order chi connectivity index (χ1) is 14.8. The van der Waals surface area contributed by atoms with Gasteiger partial charge in [-0.05, 0) is 43.7 Å². The van der Waals surface area contributed by atoms with Crippen LogP contribution in [0.2, 0.25) is 0 Å². The molecule has 3 aromatic rings. The molecule has 2 aromatic heterocycles. The molecule has 10 heteroatoms. The van der Waals surface area contributed by atoms with Crippen LogP contribution < -0.4 is 10.6 Å². The van der Waals surface area contributed by atoms with Crippen molar-refractivity contribution < 1.29 is 14.7 Å². The molecule has 0 saturated carbocycles. The number of aromatic nitrogens is 4. The van der Waals surface area contributed by atoms with E-state index in [-0.39, 0.29) is 39.8 Å². The summed E-state index contributed by atoms with van der Waals surface area (Å²) >= 11 is 3.44. The van der Waals surface area contributed by atoms with Gasteiger partial charge in [0.25, 0.3) is 11.8 Å². The summed E-state index contributed by atoms with van der Waals surface area (Å²) in [6.07, 6.45) is 4.12. The van der Waals surface area contributed by atoms with E-state index in [1.807, 2.05) is 25.1 Å². The van der Waals surface area contributed by atoms with Crippen molar-refractivity contribution in [2.24, 2.45) is 0 Å². The third-order valence-corrected chi connectivity index (χ3v) is 5.62. The first-order valence-corrected chi connectivity index (χ1v) is 10.4. The van der Waals surface area contributed by atoms with E-state index in [4.69, 9.17) is 0 Å². The molecule has 1 atom stereocenters. The molecule has 2 amide bonds. The summed E-state index contributed by atoms with van der Waals surface area (Å²) in [7, 11) is 0. The quantitative estimate of drug-likeness (QED) is 0.373. The first kappa shape index (κ1) is 26.0. The summed E-state index contributed by atoms with van der Waals surface area (Å²) in [5.41, 5.74) is 4.66. The standard InChI is InChI=1S/C21H21BrN6O3.2CH4/c1-11-18(8-16-15-7-13(22)3-4-17(15)26-20(16)30)25-12(2)19(11)21(31)23-9-14(29)10-28-6-5-24-27-28;;/h3-8,14,25,29H,9-10H2,1-2H3,(H,23,31)(H,26,30);2*1H4/b16-8-;;.